The Labute approximate surface area is 190 Å². The Kier molecular flexibility index (Phi) is 5.17. The lowest BCUT2D eigenvalue weighted by atomic mass is 10.0. The Morgan fingerprint density at radius 2 is 1.79 bits per heavy atom. The van der Waals surface area contributed by atoms with Crippen molar-refractivity contribution in [3.05, 3.63) is 84.1 Å². The molecule has 166 valence electrons. The molecule has 5 aromatic rings. The van der Waals surface area contributed by atoms with Gasteiger partial charge in [0.15, 0.2) is 0 Å². The van der Waals surface area contributed by atoms with Crippen molar-refractivity contribution in [2.24, 2.45) is 0 Å². The largest absolute Gasteiger partial charge is 0.469 e. The van der Waals surface area contributed by atoms with Crippen LogP contribution in [-0.2, 0) is 22.1 Å². The third kappa shape index (κ3) is 3.98. The fourth-order valence-electron chi connectivity index (χ4n) is 3.84. The first kappa shape index (κ1) is 21.2. The second kappa shape index (κ2) is 8.04. The van der Waals surface area contributed by atoms with E-state index in [9.17, 15) is 18.0 Å². The number of benzene rings is 3. The van der Waals surface area contributed by atoms with Gasteiger partial charge in [-0.2, -0.15) is 18.3 Å². The third-order valence-electron chi connectivity index (χ3n) is 5.44. The van der Waals surface area contributed by atoms with Gasteiger partial charge in [-0.3, -0.25) is 4.79 Å². The number of thiophene rings is 1. The standard InChI is InChI=1S/C25H17F3N2O2S/c1-32-23(31)12-16-14-30(18-6-4-5-17(13-18)25(26,27)28)29-24(16)15-9-10-22-20(11-15)19-7-2-3-8-21(19)33-22/h2-11,13-14H,12H2,1H3. The zero-order valence-corrected chi connectivity index (χ0v) is 18.2. The first-order valence-corrected chi connectivity index (χ1v) is 10.9. The number of nitrogens with zero attached hydrogens (tertiary/aromatic N) is 2. The Hall–Kier alpha value is -3.65. The average Bonchev–Trinajstić information content (AvgIpc) is 3.39. The van der Waals surface area contributed by atoms with Gasteiger partial charge >= 0.3 is 12.1 Å². The third-order valence-corrected chi connectivity index (χ3v) is 6.59. The van der Waals surface area contributed by atoms with Crippen LogP contribution in [0.5, 0.6) is 0 Å². The summed E-state index contributed by atoms with van der Waals surface area (Å²) in [7, 11) is 1.29. The van der Waals surface area contributed by atoms with Crippen LogP contribution in [0.3, 0.4) is 0 Å². The molecular formula is C25H17F3N2O2S. The summed E-state index contributed by atoms with van der Waals surface area (Å²) in [5, 5.41) is 6.76. The van der Waals surface area contributed by atoms with Gasteiger partial charge < -0.3 is 4.74 Å². The molecule has 0 saturated heterocycles. The number of hydrogen-bond acceptors (Lipinski definition) is 4. The van der Waals surface area contributed by atoms with Crippen molar-refractivity contribution in [1.29, 1.82) is 0 Å². The second-order valence-corrected chi connectivity index (χ2v) is 8.64. The molecule has 3 aromatic carbocycles. The summed E-state index contributed by atoms with van der Waals surface area (Å²) in [6.45, 7) is 0. The van der Waals surface area contributed by atoms with E-state index in [0.717, 1.165) is 37.9 Å². The molecule has 8 heteroatoms. The van der Waals surface area contributed by atoms with Crippen LogP contribution in [0, 0.1) is 0 Å². The molecule has 33 heavy (non-hydrogen) atoms. The summed E-state index contributed by atoms with van der Waals surface area (Å²) >= 11 is 1.68. The molecule has 0 N–H and O–H groups in total. The zero-order chi connectivity index (χ0) is 23.2. The van der Waals surface area contributed by atoms with Crippen molar-refractivity contribution in [2.75, 3.05) is 7.11 Å². The molecule has 0 unspecified atom stereocenters. The van der Waals surface area contributed by atoms with Gasteiger partial charge in [-0.15, -0.1) is 11.3 Å². The van der Waals surface area contributed by atoms with Crippen molar-refractivity contribution in [3.63, 3.8) is 0 Å². The van der Waals surface area contributed by atoms with Crippen LogP contribution in [0.2, 0.25) is 0 Å². The van der Waals surface area contributed by atoms with Gasteiger partial charge in [0.1, 0.15) is 0 Å². The molecule has 5 rings (SSSR count). The number of alkyl halides is 3. The number of fused-ring (bicyclic) bond motifs is 3. The van der Waals surface area contributed by atoms with E-state index in [1.54, 1.807) is 23.6 Å². The fraction of sp³-hybridized carbons (Fsp3) is 0.120. The number of rotatable bonds is 4. The van der Waals surface area contributed by atoms with Crippen molar-refractivity contribution in [2.45, 2.75) is 12.6 Å². The van der Waals surface area contributed by atoms with Gasteiger partial charge in [-0.25, -0.2) is 4.68 Å². The van der Waals surface area contributed by atoms with E-state index in [2.05, 4.69) is 17.2 Å². The molecule has 2 aromatic heterocycles. The van der Waals surface area contributed by atoms with Gasteiger partial charge in [0, 0.05) is 37.5 Å². The Bertz CT molecular complexity index is 1500. The van der Waals surface area contributed by atoms with Crippen LogP contribution in [-0.4, -0.2) is 22.9 Å². The number of carbonyl (C=O) groups excluding carboxylic acids is 1. The van der Waals surface area contributed by atoms with Crippen LogP contribution in [0.1, 0.15) is 11.1 Å². The predicted octanol–water partition coefficient (Wildman–Crippen LogP) is 6.64. The molecule has 2 heterocycles. The van der Waals surface area contributed by atoms with Gasteiger partial charge in [0.2, 0.25) is 0 Å². The number of esters is 1. The molecule has 0 aliphatic rings. The highest BCUT2D eigenvalue weighted by Gasteiger charge is 2.30. The van der Waals surface area contributed by atoms with Crippen molar-refractivity contribution >= 4 is 37.5 Å². The Balaban J connectivity index is 1.66. The topological polar surface area (TPSA) is 44.1 Å². The van der Waals surface area contributed by atoms with Crippen LogP contribution in [0.25, 0.3) is 37.1 Å². The van der Waals surface area contributed by atoms with E-state index in [1.165, 1.54) is 17.9 Å². The van der Waals surface area contributed by atoms with Gasteiger partial charge in [-0.1, -0.05) is 30.3 Å². The molecule has 0 aliphatic heterocycles. The lowest BCUT2D eigenvalue weighted by Crippen LogP contribution is -2.06. The van der Waals surface area contributed by atoms with Gasteiger partial charge in [0.25, 0.3) is 0 Å². The molecule has 4 nitrogen and oxygen atoms in total. The summed E-state index contributed by atoms with van der Waals surface area (Å²) in [5.74, 6) is -0.457. The predicted molar refractivity (Wildman–Crippen MR) is 123 cm³/mol. The van der Waals surface area contributed by atoms with Crippen LogP contribution in [0.15, 0.2) is 72.9 Å². The monoisotopic (exact) mass is 466 g/mol. The van der Waals surface area contributed by atoms with Crippen LogP contribution in [0.4, 0.5) is 13.2 Å². The summed E-state index contributed by atoms with van der Waals surface area (Å²) in [4.78, 5) is 12.0. The second-order valence-electron chi connectivity index (χ2n) is 7.56. The molecule has 0 amide bonds. The van der Waals surface area contributed by atoms with Gasteiger partial charge in [-0.05, 0) is 36.4 Å². The minimum absolute atomic E-state index is 0.0484. The Morgan fingerprint density at radius 1 is 1.00 bits per heavy atom. The van der Waals surface area contributed by atoms with E-state index in [-0.39, 0.29) is 12.1 Å². The smallest absolute Gasteiger partial charge is 0.416 e. The number of aromatic nitrogens is 2. The van der Waals surface area contributed by atoms with E-state index in [1.807, 2.05) is 30.3 Å². The summed E-state index contributed by atoms with van der Waals surface area (Å²) in [6, 6.07) is 18.9. The normalized spacial score (nSPS) is 11.9. The lowest BCUT2D eigenvalue weighted by Gasteiger charge is -2.08. The molecule has 0 saturated carbocycles. The average molecular weight is 466 g/mol. The quantitative estimate of drug-likeness (QED) is 0.279. The number of halogens is 3. The SMILES string of the molecule is COC(=O)Cc1cn(-c2cccc(C(F)(F)F)c2)nc1-c1ccc2sc3ccccc3c2c1. The lowest BCUT2D eigenvalue weighted by molar-refractivity contribution is -0.140. The molecule has 0 aliphatic carbocycles. The molecular weight excluding hydrogens is 449 g/mol. The number of carbonyl (C=O) groups is 1. The maximum absolute atomic E-state index is 13.2. The summed E-state index contributed by atoms with van der Waals surface area (Å²) < 4.78 is 48.1. The van der Waals surface area contributed by atoms with E-state index >= 15 is 0 Å². The number of ether oxygens (including phenoxy) is 1. The minimum Gasteiger partial charge on any atom is -0.469 e. The highest BCUT2D eigenvalue weighted by Crippen LogP contribution is 2.37. The van der Waals surface area contributed by atoms with Crippen molar-refractivity contribution in [1.82, 2.24) is 9.78 Å². The molecule has 0 bridgehead atoms. The fourth-order valence-corrected chi connectivity index (χ4v) is 4.93. The minimum atomic E-state index is -4.47. The number of methoxy groups -OCH3 is 1. The highest BCUT2D eigenvalue weighted by atomic mass is 32.1. The molecule has 0 spiro atoms. The van der Waals surface area contributed by atoms with E-state index < -0.39 is 17.7 Å². The summed E-state index contributed by atoms with van der Waals surface area (Å²) in [6.07, 6.45) is -2.93. The first-order chi connectivity index (χ1) is 15.8. The highest BCUT2D eigenvalue weighted by molar-refractivity contribution is 7.25. The Morgan fingerprint density at radius 3 is 2.58 bits per heavy atom. The summed E-state index contributed by atoms with van der Waals surface area (Å²) in [5.41, 5.74) is 1.35. The molecule has 0 fully saturated rings. The maximum atomic E-state index is 13.2. The molecule has 0 radical (unpaired) electrons. The maximum Gasteiger partial charge on any atom is 0.416 e. The van der Waals surface area contributed by atoms with E-state index in [0.29, 0.717) is 11.3 Å². The molecule has 0 atom stereocenters. The van der Waals surface area contributed by atoms with Gasteiger partial charge in [0.05, 0.1) is 30.5 Å². The van der Waals surface area contributed by atoms with Crippen LogP contribution < -0.4 is 0 Å². The van der Waals surface area contributed by atoms with Crippen LogP contribution >= 0.6 is 11.3 Å². The van der Waals surface area contributed by atoms with Crippen molar-refractivity contribution < 1.29 is 22.7 Å². The zero-order valence-electron chi connectivity index (χ0n) is 17.4. The first-order valence-electron chi connectivity index (χ1n) is 10.1. The number of hydrogen-bond donors (Lipinski definition) is 0. The van der Waals surface area contributed by atoms with Crippen molar-refractivity contribution in [3.8, 4) is 16.9 Å². The van der Waals surface area contributed by atoms with E-state index in [4.69, 9.17) is 4.74 Å².